The van der Waals surface area contributed by atoms with E-state index in [-0.39, 0.29) is 5.91 Å². The van der Waals surface area contributed by atoms with Crippen molar-refractivity contribution in [2.45, 2.75) is 19.3 Å². The van der Waals surface area contributed by atoms with Crippen LogP contribution in [0, 0.1) is 25.2 Å². The Morgan fingerprint density at radius 3 is 2.54 bits per heavy atom. The zero-order valence-electron chi connectivity index (χ0n) is 20.3. The fraction of sp³-hybridized carbons (Fsp3) is 0.100. The second-order valence-corrected chi connectivity index (χ2v) is 9.49. The number of nitrogens with one attached hydrogen (secondary N) is 3. The number of benzene rings is 3. The molecule has 3 N–H and O–H groups in total. The third kappa shape index (κ3) is 2.64. The molecule has 0 saturated heterocycles. The van der Waals surface area contributed by atoms with Crippen molar-refractivity contribution in [1.29, 1.82) is 5.26 Å². The topological polar surface area (TPSA) is 98.5 Å². The molecule has 1 unspecified atom stereocenters. The largest absolute Gasteiger partial charge is 0.360 e. The number of nitriles is 1. The lowest BCUT2D eigenvalue weighted by molar-refractivity contribution is -0.118. The van der Waals surface area contributed by atoms with Gasteiger partial charge in [-0.05, 0) is 37.6 Å². The SMILES string of the molecule is Cc1nn(-c2ccccc2)c2c1C1(C(=O)Nc3ccccc31)C(C#N)=C(c1c[nH]c3c(C)cccc13)N2. The van der Waals surface area contributed by atoms with Gasteiger partial charge in [-0.2, -0.15) is 10.4 Å². The molecule has 7 heteroatoms. The summed E-state index contributed by atoms with van der Waals surface area (Å²) in [5, 5.41) is 23.2. The number of rotatable bonds is 2. The number of nitrogens with zero attached hydrogens (tertiary/aromatic N) is 3. The first-order valence-corrected chi connectivity index (χ1v) is 12.1. The predicted octanol–water partition coefficient (Wildman–Crippen LogP) is 5.57. The van der Waals surface area contributed by atoms with Crippen LogP contribution >= 0.6 is 0 Å². The maximum atomic E-state index is 14.1. The zero-order chi connectivity index (χ0) is 25.3. The minimum absolute atomic E-state index is 0.253. The van der Waals surface area contributed by atoms with E-state index in [1.807, 2.05) is 97.5 Å². The van der Waals surface area contributed by atoms with Crippen LogP contribution in [0.2, 0.25) is 0 Å². The minimum atomic E-state index is -1.34. The number of carbonyl (C=O) groups excluding carboxylic acids is 1. The van der Waals surface area contributed by atoms with E-state index in [2.05, 4.69) is 21.7 Å². The molecule has 0 radical (unpaired) electrons. The van der Waals surface area contributed by atoms with Gasteiger partial charge in [-0.1, -0.05) is 54.6 Å². The van der Waals surface area contributed by atoms with Crippen molar-refractivity contribution in [2.75, 3.05) is 10.6 Å². The second kappa shape index (κ2) is 7.45. The molecule has 2 aliphatic rings. The highest BCUT2D eigenvalue weighted by Gasteiger charge is 2.57. The molecule has 2 aliphatic heterocycles. The van der Waals surface area contributed by atoms with Crippen LogP contribution in [0.5, 0.6) is 0 Å². The van der Waals surface area contributed by atoms with Gasteiger partial charge in [0.1, 0.15) is 11.2 Å². The van der Waals surface area contributed by atoms with E-state index in [4.69, 9.17) is 5.10 Å². The number of aromatic nitrogens is 3. The molecular formula is C30H22N6O. The van der Waals surface area contributed by atoms with Crippen molar-refractivity contribution >= 4 is 34.0 Å². The molecule has 7 nitrogen and oxygen atoms in total. The van der Waals surface area contributed by atoms with Gasteiger partial charge in [0.15, 0.2) is 0 Å². The smallest absolute Gasteiger partial charge is 0.245 e. The summed E-state index contributed by atoms with van der Waals surface area (Å²) < 4.78 is 1.83. The molecular weight excluding hydrogens is 460 g/mol. The van der Waals surface area contributed by atoms with Gasteiger partial charge in [-0.3, -0.25) is 4.79 Å². The Labute approximate surface area is 213 Å². The quantitative estimate of drug-likeness (QED) is 0.306. The van der Waals surface area contributed by atoms with Crippen LogP contribution in [0.25, 0.3) is 22.3 Å². The van der Waals surface area contributed by atoms with E-state index in [1.54, 1.807) is 0 Å². The Morgan fingerprint density at radius 1 is 0.946 bits per heavy atom. The molecule has 178 valence electrons. The summed E-state index contributed by atoms with van der Waals surface area (Å²) >= 11 is 0. The Morgan fingerprint density at radius 2 is 1.73 bits per heavy atom. The van der Waals surface area contributed by atoms with Crippen LogP contribution < -0.4 is 10.6 Å². The monoisotopic (exact) mass is 482 g/mol. The lowest BCUT2D eigenvalue weighted by atomic mass is 9.67. The summed E-state index contributed by atoms with van der Waals surface area (Å²) in [6.07, 6.45) is 1.91. The number of amides is 1. The normalized spacial score (nSPS) is 17.9. The molecule has 0 aliphatic carbocycles. The van der Waals surface area contributed by atoms with Crippen LogP contribution in [-0.2, 0) is 10.2 Å². The van der Waals surface area contributed by atoms with Crippen LogP contribution in [0.3, 0.4) is 0 Å². The maximum Gasteiger partial charge on any atom is 0.245 e. The standard InChI is InChI=1S/C30H22N6O/c1-17-9-8-12-20-21(16-32-26(17)20)27-23(15-31)30(22-13-6-7-14-24(22)33-29(30)37)25-18(2)35-36(28(25)34-27)19-10-4-3-5-11-19/h3-14,16,32,34H,1-2H3,(H,33,37). The molecule has 7 rings (SSSR count). The molecule has 1 spiro atoms. The first-order chi connectivity index (χ1) is 18.1. The molecule has 2 aromatic heterocycles. The average molecular weight is 483 g/mol. The van der Waals surface area contributed by atoms with Crippen molar-refractivity contribution in [3.8, 4) is 11.8 Å². The number of hydrogen-bond acceptors (Lipinski definition) is 4. The van der Waals surface area contributed by atoms with E-state index < -0.39 is 5.41 Å². The number of fused-ring (bicyclic) bond motifs is 5. The summed E-state index contributed by atoms with van der Waals surface area (Å²) in [6, 6.07) is 25.9. The van der Waals surface area contributed by atoms with Gasteiger partial charge in [0.05, 0.1) is 28.7 Å². The van der Waals surface area contributed by atoms with E-state index in [0.29, 0.717) is 34.0 Å². The summed E-state index contributed by atoms with van der Waals surface area (Å²) in [5.41, 5.74) is 6.21. The summed E-state index contributed by atoms with van der Waals surface area (Å²) in [6.45, 7) is 3.94. The lowest BCUT2D eigenvalue weighted by Crippen LogP contribution is -2.42. The molecule has 0 bridgehead atoms. The molecule has 0 saturated carbocycles. The van der Waals surface area contributed by atoms with E-state index >= 15 is 0 Å². The number of hydrogen-bond donors (Lipinski definition) is 3. The van der Waals surface area contributed by atoms with Crippen LogP contribution in [0.15, 0.2) is 84.6 Å². The Kier molecular flexibility index (Phi) is 4.27. The first-order valence-electron chi connectivity index (χ1n) is 12.1. The summed E-state index contributed by atoms with van der Waals surface area (Å²) in [4.78, 5) is 17.5. The summed E-state index contributed by atoms with van der Waals surface area (Å²) in [5.74, 6) is 0.420. The van der Waals surface area contributed by atoms with Crippen molar-refractivity contribution in [1.82, 2.24) is 14.8 Å². The Bertz CT molecular complexity index is 1840. The van der Waals surface area contributed by atoms with Gasteiger partial charge in [-0.15, -0.1) is 0 Å². The van der Waals surface area contributed by atoms with Gasteiger partial charge in [-0.25, -0.2) is 4.68 Å². The van der Waals surface area contributed by atoms with Gasteiger partial charge < -0.3 is 15.6 Å². The third-order valence-corrected chi connectivity index (χ3v) is 7.53. The third-order valence-electron chi connectivity index (χ3n) is 7.53. The average Bonchev–Trinajstić information content (AvgIpc) is 3.58. The van der Waals surface area contributed by atoms with Gasteiger partial charge in [0, 0.05) is 39.5 Å². The number of aryl methyl sites for hydroxylation is 2. The molecule has 5 aromatic rings. The fourth-order valence-corrected chi connectivity index (χ4v) is 5.95. The van der Waals surface area contributed by atoms with E-state index in [9.17, 15) is 10.1 Å². The van der Waals surface area contributed by atoms with Crippen molar-refractivity contribution < 1.29 is 4.79 Å². The number of para-hydroxylation sites is 3. The fourth-order valence-electron chi connectivity index (χ4n) is 5.95. The van der Waals surface area contributed by atoms with E-state index in [0.717, 1.165) is 33.3 Å². The van der Waals surface area contributed by atoms with Crippen LogP contribution in [0.1, 0.15) is 27.9 Å². The number of carbonyl (C=O) groups is 1. The maximum absolute atomic E-state index is 14.1. The van der Waals surface area contributed by atoms with Crippen LogP contribution in [0.4, 0.5) is 11.5 Å². The van der Waals surface area contributed by atoms with Gasteiger partial charge in [0.2, 0.25) is 5.91 Å². The highest BCUT2D eigenvalue weighted by Crippen LogP contribution is 2.55. The Hall–Kier alpha value is -5.09. The number of anilines is 2. The molecule has 0 fully saturated rings. The highest BCUT2D eigenvalue weighted by atomic mass is 16.2. The first kappa shape index (κ1) is 21.2. The van der Waals surface area contributed by atoms with Crippen molar-refractivity contribution in [3.63, 3.8) is 0 Å². The van der Waals surface area contributed by atoms with Crippen molar-refractivity contribution in [3.05, 3.63) is 113 Å². The molecule has 4 heterocycles. The Balaban J connectivity index is 1.63. The van der Waals surface area contributed by atoms with Gasteiger partial charge in [0.25, 0.3) is 0 Å². The predicted molar refractivity (Wildman–Crippen MR) is 143 cm³/mol. The minimum Gasteiger partial charge on any atom is -0.360 e. The zero-order valence-corrected chi connectivity index (χ0v) is 20.3. The van der Waals surface area contributed by atoms with Crippen LogP contribution in [-0.4, -0.2) is 20.7 Å². The highest BCUT2D eigenvalue weighted by molar-refractivity contribution is 6.16. The van der Waals surface area contributed by atoms with Crippen molar-refractivity contribution in [2.24, 2.45) is 0 Å². The lowest BCUT2D eigenvalue weighted by Gasteiger charge is -2.34. The molecule has 1 amide bonds. The second-order valence-electron chi connectivity index (χ2n) is 9.49. The summed E-state index contributed by atoms with van der Waals surface area (Å²) in [7, 11) is 0. The molecule has 1 atom stereocenters. The van der Waals surface area contributed by atoms with E-state index in [1.165, 1.54) is 0 Å². The van der Waals surface area contributed by atoms with Gasteiger partial charge >= 0.3 is 0 Å². The molecule has 3 aromatic carbocycles. The number of H-pyrrole nitrogens is 1. The number of aromatic amines is 1. The molecule has 37 heavy (non-hydrogen) atoms.